The van der Waals surface area contributed by atoms with Gasteiger partial charge in [-0.2, -0.15) is 0 Å². The van der Waals surface area contributed by atoms with Gasteiger partial charge >= 0.3 is 0 Å². The second-order valence-electron chi connectivity index (χ2n) is 1.93. The van der Waals surface area contributed by atoms with Crippen molar-refractivity contribution < 1.29 is 4.74 Å². The first kappa shape index (κ1) is 9.00. The summed E-state index contributed by atoms with van der Waals surface area (Å²) in [7, 11) is 1.63. The van der Waals surface area contributed by atoms with Gasteiger partial charge in [-0.15, -0.1) is 0 Å². The molecule has 0 aliphatic carbocycles. The molecule has 1 aromatic heterocycles. The van der Waals surface area contributed by atoms with Crippen molar-refractivity contribution in [3.05, 3.63) is 22.4 Å². The second-order valence-corrected chi connectivity index (χ2v) is 3.24. The standard InChI is InChI=1S/C7H7Br2NO/c1-11-6-5(4-8)2-3-10-7(6)9/h2-3H,4H2,1H3. The Hall–Kier alpha value is -0.0900. The Morgan fingerprint density at radius 3 is 2.82 bits per heavy atom. The Morgan fingerprint density at radius 1 is 1.64 bits per heavy atom. The van der Waals surface area contributed by atoms with Gasteiger partial charge in [0.25, 0.3) is 0 Å². The topological polar surface area (TPSA) is 22.1 Å². The van der Waals surface area contributed by atoms with Gasteiger partial charge in [0.15, 0.2) is 5.75 Å². The molecule has 0 unspecified atom stereocenters. The van der Waals surface area contributed by atoms with Crippen LogP contribution in [0.25, 0.3) is 0 Å². The number of aromatic nitrogens is 1. The third kappa shape index (κ3) is 1.93. The first-order chi connectivity index (χ1) is 5.29. The van der Waals surface area contributed by atoms with Gasteiger partial charge in [0, 0.05) is 17.1 Å². The highest BCUT2D eigenvalue weighted by Gasteiger charge is 2.05. The molecule has 0 saturated heterocycles. The van der Waals surface area contributed by atoms with Crippen LogP contribution in [0.1, 0.15) is 5.56 Å². The summed E-state index contributed by atoms with van der Waals surface area (Å²) in [4.78, 5) is 4.03. The van der Waals surface area contributed by atoms with E-state index in [1.54, 1.807) is 13.3 Å². The average Bonchev–Trinajstić information content (AvgIpc) is 2.04. The number of hydrogen-bond donors (Lipinski definition) is 0. The quantitative estimate of drug-likeness (QED) is 0.614. The van der Waals surface area contributed by atoms with Crippen LogP contribution in [0.4, 0.5) is 0 Å². The summed E-state index contributed by atoms with van der Waals surface area (Å²) >= 11 is 6.65. The summed E-state index contributed by atoms with van der Waals surface area (Å²) < 4.78 is 5.87. The van der Waals surface area contributed by atoms with Crippen LogP contribution in [0, 0.1) is 0 Å². The molecule has 0 amide bonds. The molecule has 0 radical (unpaired) electrons. The van der Waals surface area contributed by atoms with Crippen LogP contribution >= 0.6 is 31.9 Å². The summed E-state index contributed by atoms with van der Waals surface area (Å²) in [5.74, 6) is 0.796. The van der Waals surface area contributed by atoms with E-state index in [0.29, 0.717) is 0 Å². The maximum Gasteiger partial charge on any atom is 0.155 e. The molecule has 4 heteroatoms. The van der Waals surface area contributed by atoms with Crippen molar-refractivity contribution in [2.45, 2.75) is 5.33 Å². The van der Waals surface area contributed by atoms with Gasteiger partial charge in [0.1, 0.15) is 4.60 Å². The number of pyridine rings is 1. The van der Waals surface area contributed by atoms with E-state index < -0.39 is 0 Å². The summed E-state index contributed by atoms with van der Waals surface area (Å²) in [5, 5.41) is 0.775. The van der Waals surface area contributed by atoms with E-state index in [9.17, 15) is 0 Å². The summed E-state index contributed by atoms with van der Waals surface area (Å²) in [6, 6.07) is 1.92. The molecule has 1 heterocycles. The molecule has 0 bridgehead atoms. The molecule has 0 aliphatic heterocycles. The Kier molecular flexibility index (Phi) is 3.33. The lowest BCUT2D eigenvalue weighted by atomic mass is 10.3. The van der Waals surface area contributed by atoms with Crippen LogP contribution < -0.4 is 4.74 Å². The number of rotatable bonds is 2. The average molecular weight is 281 g/mol. The van der Waals surface area contributed by atoms with E-state index >= 15 is 0 Å². The summed E-state index contributed by atoms with van der Waals surface area (Å²) in [6.07, 6.45) is 1.74. The summed E-state index contributed by atoms with van der Waals surface area (Å²) in [5.41, 5.74) is 1.09. The number of alkyl halides is 1. The molecular weight excluding hydrogens is 274 g/mol. The molecule has 0 saturated carbocycles. The van der Waals surface area contributed by atoms with Gasteiger partial charge in [0.2, 0.25) is 0 Å². The number of nitrogens with zero attached hydrogens (tertiary/aromatic N) is 1. The Morgan fingerprint density at radius 2 is 2.36 bits per heavy atom. The predicted octanol–water partition coefficient (Wildman–Crippen LogP) is 2.75. The van der Waals surface area contributed by atoms with E-state index in [4.69, 9.17) is 4.74 Å². The minimum Gasteiger partial charge on any atom is -0.494 e. The molecule has 0 fully saturated rings. The Labute approximate surface area is 82.2 Å². The predicted molar refractivity (Wildman–Crippen MR) is 51.1 cm³/mol. The molecule has 2 nitrogen and oxygen atoms in total. The van der Waals surface area contributed by atoms with Crippen molar-refractivity contribution in [2.24, 2.45) is 0 Å². The third-order valence-electron chi connectivity index (χ3n) is 1.29. The number of halogens is 2. The van der Waals surface area contributed by atoms with Crippen molar-refractivity contribution in [1.29, 1.82) is 0 Å². The van der Waals surface area contributed by atoms with E-state index in [-0.39, 0.29) is 0 Å². The van der Waals surface area contributed by atoms with Crippen molar-refractivity contribution in [1.82, 2.24) is 4.98 Å². The van der Waals surface area contributed by atoms with Crippen molar-refractivity contribution in [3.8, 4) is 5.75 Å². The fraction of sp³-hybridized carbons (Fsp3) is 0.286. The molecular formula is C7H7Br2NO. The first-order valence-corrected chi connectivity index (χ1v) is 4.94. The van der Waals surface area contributed by atoms with Crippen LogP contribution in [-0.4, -0.2) is 12.1 Å². The highest BCUT2D eigenvalue weighted by atomic mass is 79.9. The van der Waals surface area contributed by atoms with Gasteiger partial charge in [0.05, 0.1) is 7.11 Å². The van der Waals surface area contributed by atoms with E-state index in [1.165, 1.54) is 0 Å². The van der Waals surface area contributed by atoms with Gasteiger partial charge in [-0.05, 0) is 22.0 Å². The van der Waals surface area contributed by atoms with E-state index in [0.717, 1.165) is 21.2 Å². The smallest absolute Gasteiger partial charge is 0.155 e. The normalized spacial score (nSPS) is 9.73. The maximum absolute atomic E-state index is 5.13. The lowest BCUT2D eigenvalue weighted by Gasteiger charge is -2.05. The Balaban J connectivity index is 3.13. The van der Waals surface area contributed by atoms with Crippen LogP contribution in [0.5, 0.6) is 5.75 Å². The monoisotopic (exact) mass is 279 g/mol. The molecule has 0 aromatic carbocycles. The largest absolute Gasteiger partial charge is 0.494 e. The van der Waals surface area contributed by atoms with Crippen LogP contribution in [-0.2, 0) is 5.33 Å². The molecule has 1 aromatic rings. The van der Waals surface area contributed by atoms with Crippen molar-refractivity contribution >= 4 is 31.9 Å². The zero-order valence-electron chi connectivity index (χ0n) is 5.97. The van der Waals surface area contributed by atoms with Gasteiger partial charge in [-0.3, -0.25) is 0 Å². The molecule has 60 valence electrons. The number of methoxy groups -OCH3 is 1. The molecule has 1 rings (SSSR count). The van der Waals surface area contributed by atoms with Gasteiger partial charge in [-0.25, -0.2) is 4.98 Å². The van der Waals surface area contributed by atoms with Gasteiger partial charge in [-0.1, -0.05) is 15.9 Å². The van der Waals surface area contributed by atoms with Crippen molar-refractivity contribution in [3.63, 3.8) is 0 Å². The fourth-order valence-electron chi connectivity index (χ4n) is 0.780. The molecule has 0 aliphatic rings. The third-order valence-corrected chi connectivity index (χ3v) is 2.46. The zero-order valence-corrected chi connectivity index (χ0v) is 9.15. The minimum atomic E-state index is 0.747. The maximum atomic E-state index is 5.13. The number of hydrogen-bond acceptors (Lipinski definition) is 2. The van der Waals surface area contributed by atoms with Crippen LogP contribution in [0.3, 0.4) is 0 Å². The molecule has 0 spiro atoms. The van der Waals surface area contributed by atoms with Crippen LogP contribution in [0.2, 0.25) is 0 Å². The molecule has 11 heavy (non-hydrogen) atoms. The molecule has 0 atom stereocenters. The Bertz CT molecular complexity index is 252. The van der Waals surface area contributed by atoms with Crippen LogP contribution in [0.15, 0.2) is 16.9 Å². The number of ether oxygens (including phenoxy) is 1. The molecule has 0 N–H and O–H groups in total. The van der Waals surface area contributed by atoms with E-state index in [2.05, 4.69) is 36.8 Å². The first-order valence-electron chi connectivity index (χ1n) is 3.03. The second kappa shape index (κ2) is 4.07. The zero-order chi connectivity index (χ0) is 8.27. The fourth-order valence-corrected chi connectivity index (χ4v) is 1.76. The van der Waals surface area contributed by atoms with Gasteiger partial charge < -0.3 is 4.74 Å². The highest BCUT2D eigenvalue weighted by Crippen LogP contribution is 2.27. The minimum absolute atomic E-state index is 0.747. The highest BCUT2D eigenvalue weighted by molar-refractivity contribution is 9.10. The SMILES string of the molecule is COc1c(CBr)ccnc1Br. The summed E-state index contributed by atoms with van der Waals surface area (Å²) in [6.45, 7) is 0. The lowest BCUT2D eigenvalue weighted by molar-refractivity contribution is 0.406. The lowest BCUT2D eigenvalue weighted by Crippen LogP contribution is -1.91. The van der Waals surface area contributed by atoms with Crippen molar-refractivity contribution in [2.75, 3.05) is 7.11 Å². The van der Waals surface area contributed by atoms with E-state index in [1.807, 2.05) is 6.07 Å².